The molecule has 0 spiro atoms. The van der Waals surface area contributed by atoms with Gasteiger partial charge in [0.15, 0.2) is 5.60 Å². The molecule has 7 nitrogen and oxygen atoms in total. The fraction of sp³-hybridized carbons (Fsp3) is 0.360. The predicted molar refractivity (Wildman–Crippen MR) is 120 cm³/mol. The molecule has 1 saturated heterocycles. The number of aliphatic hydroxyl groups is 1. The molecule has 3 heterocycles. The van der Waals surface area contributed by atoms with Gasteiger partial charge in [0, 0.05) is 41.3 Å². The van der Waals surface area contributed by atoms with Gasteiger partial charge in [0.05, 0.1) is 17.2 Å². The third-order valence-corrected chi connectivity index (χ3v) is 7.27. The number of aromatic amines is 1. The van der Waals surface area contributed by atoms with Crippen LogP contribution in [0.2, 0.25) is 0 Å². The Kier molecular flexibility index (Phi) is 4.57. The van der Waals surface area contributed by atoms with E-state index in [0.717, 1.165) is 51.6 Å². The Morgan fingerprint density at radius 3 is 2.58 bits per heavy atom. The smallest absolute Gasteiger partial charge is 0.335 e. The van der Waals surface area contributed by atoms with Crippen LogP contribution in [0.15, 0.2) is 42.6 Å². The van der Waals surface area contributed by atoms with Gasteiger partial charge in [-0.05, 0) is 73.6 Å². The number of carboxylic acid groups (broad SMARTS) is 1. The summed E-state index contributed by atoms with van der Waals surface area (Å²) in [6.07, 6.45) is 3.81. The van der Waals surface area contributed by atoms with Crippen LogP contribution in [0.4, 0.5) is 4.39 Å². The maximum absolute atomic E-state index is 13.8. The lowest BCUT2D eigenvalue weighted by atomic mass is 9.66. The van der Waals surface area contributed by atoms with E-state index in [2.05, 4.69) is 26.9 Å². The number of benzene rings is 2. The van der Waals surface area contributed by atoms with E-state index >= 15 is 0 Å². The van der Waals surface area contributed by atoms with Gasteiger partial charge in [0.25, 0.3) is 0 Å². The molecule has 1 saturated carbocycles. The Bertz CT molecular complexity index is 1360. The molecule has 2 aromatic heterocycles. The first-order valence-corrected chi connectivity index (χ1v) is 11.3. The maximum Gasteiger partial charge on any atom is 0.335 e. The van der Waals surface area contributed by atoms with Gasteiger partial charge in [-0.1, -0.05) is 0 Å². The fourth-order valence-electron chi connectivity index (χ4n) is 5.57. The van der Waals surface area contributed by atoms with Gasteiger partial charge in [-0.2, -0.15) is 5.10 Å². The van der Waals surface area contributed by atoms with Gasteiger partial charge in [-0.3, -0.25) is 5.10 Å². The maximum atomic E-state index is 13.8. The molecule has 4 aromatic rings. The zero-order valence-corrected chi connectivity index (χ0v) is 17.9. The van der Waals surface area contributed by atoms with Crippen molar-refractivity contribution < 1.29 is 24.1 Å². The highest BCUT2D eigenvalue weighted by Gasteiger charge is 2.51. The molecule has 6 rings (SSSR count). The lowest BCUT2D eigenvalue weighted by molar-refractivity contribution is -0.169. The van der Waals surface area contributed by atoms with Crippen molar-refractivity contribution in [2.75, 3.05) is 13.2 Å². The standard InChI is InChI=1S/C25H24FN3O4/c26-17-1-3-18(4-2-17)29-21-9-15-13-27-28-20(15)10-19(21)22(16-11-25(32,12-16)24(30)31)23(29)14-5-7-33-8-6-14/h1-4,9-10,13-14,16,32H,5-8,11-12H2,(H,27,28)(H,30,31). The number of aromatic nitrogens is 3. The molecular weight excluding hydrogens is 425 g/mol. The Hall–Kier alpha value is -3.23. The van der Waals surface area contributed by atoms with E-state index < -0.39 is 11.6 Å². The number of nitrogens with zero attached hydrogens (tertiary/aromatic N) is 2. The summed E-state index contributed by atoms with van der Waals surface area (Å²) in [5.74, 6) is -1.36. The fourth-order valence-corrected chi connectivity index (χ4v) is 5.57. The summed E-state index contributed by atoms with van der Waals surface area (Å²) in [4.78, 5) is 11.6. The van der Waals surface area contributed by atoms with Crippen molar-refractivity contribution in [1.29, 1.82) is 0 Å². The van der Waals surface area contributed by atoms with Crippen molar-refractivity contribution in [2.24, 2.45) is 0 Å². The van der Waals surface area contributed by atoms with E-state index in [1.54, 1.807) is 18.3 Å². The molecule has 0 atom stereocenters. The van der Waals surface area contributed by atoms with Crippen LogP contribution >= 0.6 is 0 Å². The van der Waals surface area contributed by atoms with Crippen molar-refractivity contribution in [2.45, 2.75) is 43.1 Å². The van der Waals surface area contributed by atoms with Crippen LogP contribution in [0.1, 0.15) is 48.8 Å². The first-order valence-electron chi connectivity index (χ1n) is 11.3. The average Bonchev–Trinajstić information content (AvgIpc) is 3.38. The Morgan fingerprint density at radius 1 is 1.15 bits per heavy atom. The predicted octanol–water partition coefficient (Wildman–Crippen LogP) is 4.23. The number of aliphatic carboxylic acids is 1. The van der Waals surface area contributed by atoms with Gasteiger partial charge in [-0.15, -0.1) is 0 Å². The van der Waals surface area contributed by atoms with E-state index in [4.69, 9.17) is 4.74 Å². The van der Waals surface area contributed by atoms with Gasteiger partial charge in [0.2, 0.25) is 0 Å². The van der Waals surface area contributed by atoms with Gasteiger partial charge >= 0.3 is 5.97 Å². The minimum absolute atomic E-state index is 0.0893. The van der Waals surface area contributed by atoms with E-state index in [-0.39, 0.29) is 30.5 Å². The molecule has 0 bridgehead atoms. The molecule has 1 aliphatic carbocycles. The third kappa shape index (κ3) is 3.16. The number of hydrogen-bond acceptors (Lipinski definition) is 4. The van der Waals surface area contributed by atoms with Crippen molar-refractivity contribution in [1.82, 2.24) is 14.8 Å². The second-order valence-electron chi connectivity index (χ2n) is 9.27. The lowest BCUT2D eigenvalue weighted by Gasteiger charge is -2.41. The largest absolute Gasteiger partial charge is 0.479 e. The van der Waals surface area contributed by atoms with Crippen LogP contribution in [-0.2, 0) is 9.53 Å². The van der Waals surface area contributed by atoms with Crippen LogP contribution in [0.5, 0.6) is 0 Å². The topological polar surface area (TPSA) is 100 Å². The summed E-state index contributed by atoms with van der Waals surface area (Å²) in [6, 6.07) is 10.6. The molecule has 2 aliphatic rings. The van der Waals surface area contributed by atoms with Gasteiger partial charge in [0.1, 0.15) is 5.82 Å². The highest BCUT2D eigenvalue weighted by atomic mass is 19.1. The first-order chi connectivity index (χ1) is 15.9. The summed E-state index contributed by atoms with van der Waals surface area (Å²) in [5.41, 5.74) is 3.20. The number of fused-ring (bicyclic) bond motifs is 2. The molecule has 0 amide bonds. The van der Waals surface area contributed by atoms with E-state index in [9.17, 15) is 19.4 Å². The van der Waals surface area contributed by atoms with Crippen LogP contribution in [0.3, 0.4) is 0 Å². The number of H-pyrrole nitrogens is 1. The molecule has 170 valence electrons. The van der Waals surface area contributed by atoms with E-state index in [0.29, 0.717) is 13.2 Å². The van der Waals surface area contributed by atoms with Crippen LogP contribution in [0, 0.1) is 5.82 Å². The molecule has 1 aliphatic heterocycles. The number of carboxylic acids is 1. The quantitative estimate of drug-likeness (QED) is 0.433. The number of ether oxygens (including phenoxy) is 1. The van der Waals surface area contributed by atoms with Crippen LogP contribution in [-0.4, -0.2) is 49.8 Å². The van der Waals surface area contributed by atoms with Gasteiger partial charge < -0.3 is 19.5 Å². The minimum atomic E-state index is -1.69. The molecule has 2 aromatic carbocycles. The number of nitrogens with one attached hydrogen (secondary N) is 1. The highest BCUT2D eigenvalue weighted by molar-refractivity contribution is 5.99. The summed E-state index contributed by atoms with van der Waals surface area (Å²) in [7, 11) is 0. The Morgan fingerprint density at radius 2 is 1.88 bits per heavy atom. The molecule has 2 fully saturated rings. The SMILES string of the molecule is O=C(O)C1(O)CC(c2c(C3CCOCC3)n(-c3ccc(F)cc3)c3cc4cn[nH]c4cc23)C1. The summed E-state index contributed by atoms with van der Waals surface area (Å²) < 4.78 is 21.6. The lowest BCUT2D eigenvalue weighted by Crippen LogP contribution is -2.49. The number of carbonyl (C=O) groups is 1. The molecule has 33 heavy (non-hydrogen) atoms. The summed E-state index contributed by atoms with van der Waals surface area (Å²) >= 11 is 0. The zero-order chi connectivity index (χ0) is 22.7. The third-order valence-electron chi connectivity index (χ3n) is 7.27. The second-order valence-corrected chi connectivity index (χ2v) is 9.27. The Labute approximate surface area is 188 Å². The molecular formula is C25H24FN3O4. The summed E-state index contributed by atoms with van der Waals surface area (Å²) in [6.45, 7) is 1.31. The van der Waals surface area contributed by atoms with E-state index in [1.165, 1.54) is 12.1 Å². The molecule has 0 unspecified atom stereocenters. The first kappa shape index (κ1) is 20.4. The molecule has 0 radical (unpaired) electrons. The van der Waals surface area contributed by atoms with Crippen molar-refractivity contribution >= 4 is 27.8 Å². The van der Waals surface area contributed by atoms with Gasteiger partial charge in [-0.25, -0.2) is 9.18 Å². The second kappa shape index (κ2) is 7.40. The highest BCUT2D eigenvalue weighted by Crippen LogP contribution is 2.52. The van der Waals surface area contributed by atoms with Crippen molar-refractivity contribution in [3.63, 3.8) is 0 Å². The van der Waals surface area contributed by atoms with Crippen molar-refractivity contribution in [3.8, 4) is 5.69 Å². The van der Waals surface area contributed by atoms with E-state index in [1.807, 2.05) is 0 Å². The normalized spacial score (nSPS) is 23.8. The minimum Gasteiger partial charge on any atom is -0.479 e. The van der Waals surface area contributed by atoms with Crippen molar-refractivity contribution in [3.05, 3.63) is 59.7 Å². The number of hydrogen-bond donors (Lipinski definition) is 3. The Balaban J connectivity index is 1.64. The summed E-state index contributed by atoms with van der Waals surface area (Å²) in [5, 5.41) is 29.2. The number of rotatable bonds is 4. The number of halogens is 1. The average molecular weight is 449 g/mol. The monoisotopic (exact) mass is 449 g/mol. The van der Waals surface area contributed by atoms with Crippen LogP contribution < -0.4 is 0 Å². The molecule has 3 N–H and O–H groups in total. The molecule has 8 heteroatoms. The zero-order valence-electron chi connectivity index (χ0n) is 17.9. The van der Waals surface area contributed by atoms with Crippen LogP contribution in [0.25, 0.3) is 27.5 Å².